The van der Waals surface area contributed by atoms with Gasteiger partial charge in [0.1, 0.15) is 11.9 Å². The Kier molecular flexibility index (Phi) is 27.4. The SMILES string of the molecule is CC/C=C\C/C=C\C/C=C\C/C=C\C/C=C\C/C=C\CCC(=O)CCCOCCNC(=O)C[C@H](O)C[C@@H](O)CC[C@@H]1C2C(=C[C@H](C)CC2OC(=O)C(C)(C)CC)C=C[C@@H]1C. The van der Waals surface area contributed by atoms with Gasteiger partial charge >= 0.3 is 5.97 Å². The Balaban J connectivity index is 1.52. The van der Waals surface area contributed by atoms with Crippen LogP contribution in [0.4, 0.5) is 0 Å². The van der Waals surface area contributed by atoms with Crippen molar-refractivity contribution in [1.29, 1.82) is 0 Å². The van der Waals surface area contributed by atoms with Crippen LogP contribution < -0.4 is 5.32 Å². The summed E-state index contributed by atoms with van der Waals surface area (Å²) in [5.41, 5.74) is 0.668. The topological polar surface area (TPSA) is 122 Å². The minimum absolute atomic E-state index is 0.0717. The van der Waals surface area contributed by atoms with Crippen molar-refractivity contribution in [3.05, 3.63) is 96.7 Å². The van der Waals surface area contributed by atoms with Crippen molar-refractivity contribution in [1.82, 2.24) is 5.32 Å². The number of nitrogens with one attached hydrogen (secondary N) is 1. The van der Waals surface area contributed by atoms with Crippen molar-refractivity contribution < 1.29 is 34.1 Å². The number of ether oxygens (including phenoxy) is 2. The monoisotopic (exact) mass is 832 g/mol. The van der Waals surface area contributed by atoms with Gasteiger partial charge in [-0.05, 0) is 121 Å². The number of allylic oxidation sites excluding steroid dienone is 15. The highest BCUT2D eigenvalue weighted by Crippen LogP contribution is 2.45. The number of Topliss-reactive ketones (excluding diaryl/α,β-unsaturated/α-hetero) is 1. The number of hydrogen-bond acceptors (Lipinski definition) is 7. The van der Waals surface area contributed by atoms with E-state index in [-0.39, 0.29) is 54.4 Å². The highest BCUT2D eigenvalue weighted by atomic mass is 16.5. The molecule has 0 aromatic rings. The maximum Gasteiger partial charge on any atom is 0.311 e. The first-order chi connectivity index (χ1) is 28.9. The van der Waals surface area contributed by atoms with Crippen molar-refractivity contribution in [2.24, 2.45) is 29.1 Å². The summed E-state index contributed by atoms with van der Waals surface area (Å²) in [6.45, 7) is 13.4. The number of carbonyl (C=O) groups excluding carboxylic acids is 3. The summed E-state index contributed by atoms with van der Waals surface area (Å²) in [5, 5.41) is 24.2. The molecule has 0 bridgehead atoms. The molecule has 0 fully saturated rings. The van der Waals surface area contributed by atoms with E-state index in [0.29, 0.717) is 57.8 Å². The molecule has 0 spiro atoms. The number of esters is 1. The van der Waals surface area contributed by atoms with Crippen LogP contribution in [0.25, 0.3) is 0 Å². The molecule has 2 unspecified atom stereocenters. The number of hydrogen-bond donors (Lipinski definition) is 3. The molecular formula is C52H81NO7. The summed E-state index contributed by atoms with van der Waals surface area (Å²) >= 11 is 0. The number of aliphatic hydroxyl groups is 2. The number of carbonyl (C=O) groups is 3. The molecule has 0 saturated carbocycles. The van der Waals surface area contributed by atoms with E-state index in [4.69, 9.17) is 9.47 Å². The molecule has 0 aliphatic heterocycles. The Morgan fingerprint density at radius 2 is 1.43 bits per heavy atom. The third-order valence-electron chi connectivity index (χ3n) is 11.6. The van der Waals surface area contributed by atoms with Crippen molar-refractivity contribution in [2.75, 3.05) is 19.8 Å². The van der Waals surface area contributed by atoms with Crippen LogP contribution in [0.2, 0.25) is 0 Å². The van der Waals surface area contributed by atoms with Gasteiger partial charge in [0.05, 0.1) is 30.7 Å². The third kappa shape index (κ3) is 22.9. The zero-order chi connectivity index (χ0) is 44.0. The predicted molar refractivity (Wildman–Crippen MR) is 247 cm³/mol. The molecule has 8 heteroatoms. The second-order valence-electron chi connectivity index (χ2n) is 17.4. The minimum Gasteiger partial charge on any atom is -0.461 e. The van der Waals surface area contributed by atoms with Crippen LogP contribution in [-0.4, -0.2) is 65.9 Å². The van der Waals surface area contributed by atoms with Gasteiger partial charge in [0.15, 0.2) is 0 Å². The average molecular weight is 832 g/mol. The zero-order valence-electron chi connectivity index (χ0n) is 38.1. The first kappa shape index (κ1) is 52.5. The van der Waals surface area contributed by atoms with Gasteiger partial charge in [-0.25, -0.2) is 0 Å². The summed E-state index contributed by atoms with van der Waals surface area (Å²) in [6, 6.07) is 0. The maximum absolute atomic E-state index is 13.1. The van der Waals surface area contributed by atoms with Gasteiger partial charge < -0.3 is 25.0 Å². The van der Waals surface area contributed by atoms with E-state index < -0.39 is 17.6 Å². The van der Waals surface area contributed by atoms with E-state index in [1.165, 1.54) is 5.57 Å². The lowest BCUT2D eigenvalue weighted by Crippen LogP contribution is -2.43. The van der Waals surface area contributed by atoms with Crippen LogP contribution in [0.5, 0.6) is 0 Å². The van der Waals surface area contributed by atoms with Crippen molar-refractivity contribution in [2.45, 2.75) is 163 Å². The fraction of sp³-hybridized carbons (Fsp3) is 0.635. The molecule has 336 valence electrons. The van der Waals surface area contributed by atoms with Crippen LogP contribution in [0, 0.1) is 29.1 Å². The molecule has 0 aromatic carbocycles. The van der Waals surface area contributed by atoms with Crippen molar-refractivity contribution in [3.8, 4) is 0 Å². The Hall–Kier alpha value is -3.59. The molecular weight excluding hydrogens is 751 g/mol. The fourth-order valence-electron chi connectivity index (χ4n) is 7.59. The standard InChI is InChI=1S/C52H81NO7/c1-7-9-10-11-12-13-14-15-16-17-18-19-20-21-22-23-24-25-26-28-44(54)29-27-35-59-36-34-53-49(57)40-46(56)39-45(55)32-33-47-42(4)30-31-43-37-41(3)38-48(50(43)47)60-51(58)52(5,6)8-2/h9-10,12-13,15-16,18-19,21-22,24-25,30-31,37,41-42,45-48,50,55-56H,7-8,11,14,17,20,23,26-29,32-36,38-40H2,1-6H3,(H,53,57)/b10-9-,13-12-,16-15-,19-18-,22-21-,25-24-/t41-,42-,45-,46+,47-,48?,50?/m0/s1. The van der Waals surface area contributed by atoms with E-state index >= 15 is 0 Å². The second kappa shape index (κ2) is 31.3. The molecule has 3 N–H and O–H groups in total. The Labute approximate surface area is 364 Å². The summed E-state index contributed by atoms with van der Waals surface area (Å²) in [6.07, 6.45) is 41.7. The van der Waals surface area contributed by atoms with Gasteiger partial charge in [0.2, 0.25) is 5.91 Å². The molecule has 2 rings (SSSR count). The molecule has 0 saturated heterocycles. The van der Waals surface area contributed by atoms with Gasteiger partial charge in [0.25, 0.3) is 0 Å². The maximum atomic E-state index is 13.1. The lowest BCUT2D eigenvalue weighted by Gasteiger charge is -2.44. The third-order valence-corrected chi connectivity index (χ3v) is 11.6. The predicted octanol–water partition coefficient (Wildman–Crippen LogP) is 11.0. The van der Waals surface area contributed by atoms with Crippen LogP contribution in [0.3, 0.4) is 0 Å². The normalized spacial score (nSPS) is 22.1. The van der Waals surface area contributed by atoms with Gasteiger partial charge in [0, 0.05) is 31.9 Å². The number of fused-ring (bicyclic) bond motifs is 1. The molecule has 0 radical (unpaired) electrons. The van der Waals surface area contributed by atoms with E-state index in [1.54, 1.807) is 0 Å². The first-order valence-electron chi connectivity index (χ1n) is 23.1. The summed E-state index contributed by atoms with van der Waals surface area (Å²) in [7, 11) is 0. The minimum atomic E-state index is -0.959. The molecule has 0 heterocycles. The molecule has 8 nitrogen and oxygen atoms in total. The van der Waals surface area contributed by atoms with Crippen molar-refractivity contribution in [3.63, 3.8) is 0 Å². The van der Waals surface area contributed by atoms with E-state index in [9.17, 15) is 24.6 Å². The largest absolute Gasteiger partial charge is 0.461 e. The number of rotatable bonds is 31. The number of amides is 1. The zero-order valence-corrected chi connectivity index (χ0v) is 38.1. The lowest BCUT2D eigenvalue weighted by atomic mass is 9.65. The van der Waals surface area contributed by atoms with Gasteiger partial charge in [-0.15, -0.1) is 0 Å². The van der Waals surface area contributed by atoms with Crippen LogP contribution >= 0.6 is 0 Å². The number of ketones is 1. The van der Waals surface area contributed by atoms with E-state index in [1.807, 2.05) is 20.8 Å². The first-order valence-corrected chi connectivity index (χ1v) is 23.1. The second-order valence-corrected chi connectivity index (χ2v) is 17.4. The number of aliphatic hydroxyl groups excluding tert-OH is 2. The summed E-state index contributed by atoms with van der Waals surface area (Å²) < 4.78 is 11.8. The smallest absolute Gasteiger partial charge is 0.311 e. The molecule has 7 atom stereocenters. The molecule has 2 aliphatic carbocycles. The Morgan fingerprint density at radius 1 is 0.833 bits per heavy atom. The van der Waals surface area contributed by atoms with Crippen LogP contribution in [-0.2, 0) is 23.9 Å². The fourth-order valence-corrected chi connectivity index (χ4v) is 7.59. The highest BCUT2D eigenvalue weighted by Gasteiger charge is 2.43. The van der Waals surface area contributed by atoms with Gasteiger partial charge in [-0.2, -0.15) is 0 Å². The van der Waals surface area contributed by atoms with Crippen LogP contribution in [0.1, 0.15) is 144 Å². The van der Waals surface area contributed by atoms with Crippen molar-refractivity contribution >= 4 is 17.7 Å². The van der Waals surface area contributed by atoms with Crippen LogP contribution in [0.15, 0.2) is 96.7 Å². The van der Waals surface area contributed by atoms with Gasteiger partial charge in [-0.1, -0.05) is 119 Å². The Bertz CT molecular complexity index is 1480. The van der Waals surface area contributed by atoms with E-state index in [0.717, 1.165) is 57.8 Å². The lowest BCUT2D eigenvalue weighted by molar-refractivity contribution is -0.164. The summed E-state index contributed by atoms with van der Waals surface area (Å²) in [4.78, 5) is 37.8. The summed E-state index contributed by atoms with van der Waals surface area (Å²) in [5.74, 6) is 0.597. The Morgan fingerprint density at radius 3 is 2.03 bits per heavy atom. The quantitative estimate of drug-likeness (QED) is 0.0361. The van der Waals surface area contributed by atoms with E-state index in [2.05, 4.69) is 117 Å². The van der Waals surface area contributed by atoms with Gasteiger partial charge in [-0.3, -0.25) is 14.4 Å². The average Bonchev–Trinajstić information content (AvgIpc) is 3.20. The highest BCUT2D eigenvalue weighted by molar-refractivity contribution is 5.78. The molecule has 1 amide bonds. The molecule has 0 aromatic heterocycles. The molecule has 2 aliphatic rings. The molecule has 60 heavy (non-hydrogen) atoms.